The van der Waals surface area contributed by atoms with E-state index in [1.807, 2.05) is 18.2 Å². The average molecular weight is 543 g/mol. The Bertz CT molecular complexity index is 750. The molecule has 3 N–H and O–H groups in total. The molecule has 0 amide bonds. The van der Waals surface area contributed by atoms with Crippen LogP contribution in [-0.2, 0) is 27.1 Å². The van der Waals surface area contributed by atoms with Crippen LogP contribution in [-0.4, -0.2) is 39.9 Å². The first-order valence-corrected chi connectivity index (χ1v) is 16.0. The van der Waals surface area contributed by atoms with Crippen molar-refractivity contribution in [2.45, 2.75) is 129 Å². The second-order valence-corrected chi connectivity index (χ2v) is 11.5. The summed E-state index contributed by atoms with van der Waals surface area (Å²) in [6.45, 7) is 1.66. The standard InChI is InChI=1S/C29H51O7P/c1-2-3-4-5-6-7-8-9-10-11-12-13-14-15-16-17-20-26-21-18-19-22-27(26)24-35-28(23-30)25-36-29(31)37(32,33)34/h18-19,21-22,28,30H,2-17,20,23-25H2,1H3,(H2,32,33,34)/t28-/m0/s1. The van der Waals surface area contributed by atoms with E-state index in [9.17, 15) is 14.5 Å². The minimum absolute atomic E-state index is 0.230. The summed E-state index contributed by atoms with van der Waals surface area (Å²) < 4.78 is 21.0. The van der Waals surface area contributed by atoms with Crippen molar-refractivity contribution in [1.82, 2.24) is 0 Å². The van der Waals surface area contributed by atoms with Gasteiger partial charge in [-0.3, -0.25) is 0 Å². The SMILES string of the molecule is CCCCCCCCCCCCCCCCCCc1ccccc1CO[C@@H](CO)COC(=O)P(=O)(O)O. The van der Waals surface area contributed by atoms with Crippen LogP contribution in [0.25, 0.3) is 0 Å². The number of carbonyl (C=O) groups excluding carboxylic acids is 1. The van der Waals surface area contributed by atoms with Crippen LogP contribution in [0.5, 0.6) is 0 Å². The molecule has 0 saturated heterocycles. The van der Waals surface area contributed by atoms with Crippen LogP contribution < -0.4 is 0 Å². The zero-order valence-electron chi connectivity index (χ0n) is 23.0. The van der Waals surface area contributed by atoms with Crippen molar-refractivity contribution < 1.29 is 33.7 Å². The van der Waals surface area contributed by atoms with Crippen molar-refractivity contribution in [3.8, 4) is 0 Å². The summed E-state index contributed by atoms with van der Waals surface area (Å²) in [6.07, 6.45) is 21.6. The monoisotopic (exact) mass is 542 g/mol. The fourth-order valence-corrected chi connectivity index (χ4v) is 4.66. The maximum absolute atomic E-state index is 11.2. The lowest BCUT2D eigenvalue weighted by Crippen LogP contribution is -2.25. The Hall–Kier alpha value is -1.24. The summed E-state index contributed by atoms with van der Waals surface area (Å²) in [5.74, 6) is 0. The predicted octanol–water partition coefficient (Wildman–Crippen LogP) is 7.68. The van der Waals surface area contributed by atoms with Gasteiger partial charge in [0.15, 0.2) is 0 Å². The zero-order chi connectivity index (χ0) is 27.2. The predicted molar refractivity (Wildman–Crippen MR) is 149 cm³/mol. The molecule has 0 aliphatic heterocycles. The fraction of sp³-hybridized carbons (Fsp3) is 0.759. The molecular weight excluding hydrogens is 491 g/mol. The number of hydrogen-bond acceptors (Lipinski definition) is 5. The van der Waals surface area contributed by atoms with Crippen molar-refractivity contribution in [3.63, 3.8) is 0 Å². The highest BCUT2D eigenvalue weighted by molar-refractivity contribution is 7.69. The molecule has 0 radical (unpaired) electrons. The number of ether oxygens (including phenoxy) is 2. The number of aliphatic hydroxyl groups excluding tert-OH is 1. The van der Waals surface area contributed by atoms with Crippen molar-refractivity contribution >= 4 is 13.3 Å². The van der Waals surface area contributed by atoms with Gasteiger partial charge in [-0.25, -0.2) is 9.36 Å². The van der Waals surface area contributed by atoms with Crippen molar-refractivity contribution in [2.24, 2.45) is 0 Å². The van der Waals surface area contributed by atoms with Gasteiger partial charge in [-0.2, -0.15) is 0 Å². The Morgan fingerprint density at radius 2 is 1.24 bits per heavy atom. The highest BCUT2D eigenvalue weighted by atomic mass is 31.2. The Morgan fingerprint density at radius 3 is 1.70 bits per heavy atom. The van der Waals surface area contributed by atoms with Gasteiger partial charge >= 0.3 is 13.3 Å². The van der Waals surface area contributed by atoms with Gasteiger partial charge in [0.25, 0.3) is 0 Å². The second-order valence-electron chi connectivity index (χ2n) is 10.1. The van der Waals surface area contributed by atoms with E-state index in [4.69, 9.17) is 14.5 Å². The third kappa shape index (κ3) is 17.8. The number of benzene rings is 1. The first-order chi connectivity index (χ1) is 17.9. The first-order valence-electron chi connectivity index (χ1n) is 14.4. The van der Waals surface area contributed by atoms with E-state index in [1.54, 1.807) is 0 Å². The topological polar surface area (TPSA) is 113 Å². The molecule has 0 aliphatic rings. The summed E-state index contributed by atoms with van der Waals surface area (Å²) in [6, 6.07) is 7.97. The molecule has 0 heterocycles. The van der Waals surface area contributed by atoms with Crippen LogP contribution in [0.1, 0.15) is 121 Å². The molecule has 0 aliphatic carbocycles. The summed E-state index contributed by atoms with van der Waals surface area (Å²) in [5.41, 5.74) is 0.582. The maximum Gasteiger partial charge on any atom is 0.433 e. The Kier molecular flexibility index (Phi) is 19.8. The maximum atomic E-state index is 11.2. The zero-order valence-corrected chi connectivity index (χ0v) is 23.8. The third-order valence-electron chi connectivity index (χ3n) is 6.73. The van der Waals surface area contributed by atoms with E-state index in [2.05, 4.69) is 17.7 Å². The molecule has 37 heavy (non-hydrogen) atoms. The minimum atomic E-state index is -4.94. The quantitative estimate of drug-likeness (QED) is 0.0906. The molecule has 0 aromatic heterocycles. The largest absolute Gasteiger partial charge is 0.454 e. The number of carbonyl (C=O) groups is 1. The van der Waals surface area contributed by atoms with Crippen molar-refractivity contribution in [3.05, 3.63) is 35.4 Å². The number of aliphatic hydroxyl groups is 1. The summed E-state index contributed by atoms with van der Waals surface area (Å²) in [7, 11) is -4.94. The average Bonchev–Trinajstić information content (AvgIpc) is 2.88. The van der Waals surface area contributed by atoms with Crippen LogP contribution in [0.3, 0.4) is 0 Å². The molecule has 0 bridgehead atoms. The van der Waals surface area contributed by atoms with Crippen LogP contribution in [0.4, 0.5) is 4.79 Å². The van der Waals surface area contributed by atoms with Gasteiger partial charge < -0.3 is 24.4 Å². The molecule has 0 unspecified atom stereocenters. The number of unbranched alkanes of at least 4 members (excludes halogenated alkanes) is 15. The lowest BCUT2D eigenvalue weighted by atomic mass is 10.00. The number of hydrogen-bond donors (Lipinski definition) is 3. The van der Waals surface area contributed by atoms with Crippen LogP contribution in [0, 0.1) is 0 Å². The van der Waals surface area contributed by atoms with E-state index in [-0.39, 0.29) is 6.61 Å². The molecule has 1 atom stereocenters. The van der Waals surface area contributed by atoms with Gasteiger partial charge in [-0.05, 0) is 24.0 Å². The van der Waals surface area contributed by atoms with E-state index < -0.39 is 32.6 Å². The Labute approximate surface area is 224 Å². The molecule has 0 spiro atoms. The van der Waals surface area contributed by atoms with Crippen LogP contribution in [0.15, 0.2) is 24.3 Å². The van der Waals surface area contributed by atoms with Gasteiger partial charge in [-0.1, -0.05) is 128 Å². The molecule has 0 saturated carbocycles. The number of rotatable bonds is 24. The summed E-state index contributed by atoms with van der Waals surface area (Å²) in [4.78, 5) is 28.8. The summed E-state index contributed by atoms with van der Waals surface area (Å²) in [5, 5.41) is 9.44. The molecule has 7 nitrogen and oxygen atoms in total. The Morgan fingerprint density at radius 1 is 0.784 bits per heavy atom. The highest BCUT2D eigenvalue weighted by Crippen LogP contribution is 2.36. The normalized spacial score (nSPS) is 12.5. The first kappa shape index (κ1) is 33.8. The molecule has 1 aromatic carbocycles. The van der Waals surface area contributed by atoms with Gasteiger partial charge in [-0.15, -0.1) is 0 Å². The molecule has 8 heteroatoms. The number of aryl methyl sites for hydroxylation is 1. The van der Waals surface area contributed by atoms with Crippen LogP contribution >= 0.6 is 7.60 Å². The van der Waals surface area contributed by atoms with Gasteiger partial charge in [0.05, 0.1) is 13.2 Å². The van der Waals surface area contributed by atoms with Gasteiger partial charge in [0.1, 0.15) is 12.7 Å². The fourth-order valence-electron chi connectivity index (χ4n) is 4.42. The minimum Gasteiger partial charge on any atom is -0.454 e. The van der Waals surface area contributed by atoms with E-state index >= 15 is 0 Å². The molecule has 1 rings (SSSR count). The molecular formula is C29H51O7P. The lowest BCUT2D eigenvalue weighted by Gasteiger charge is -2.17. The van der Waals surface area contributed by atoms with Gasteiger partial charge in [0.2, 0.25) is 0 Å². The highest BCUT2D eigenvalue weighted by Gasteiger charge is 2.28. The molecule has 0 fully saturated rings. The Balaban J connectivity index is 2.11. The van der Waals surface area contributed by atoms with E-state index in [0.29, 0.717) is 0 Å². The lowest BCUT2D eigenvalue weighted by molar-refractivity contribution is -0.0303. The summed E-state index contributed by atoms with van der Waals surface area (Å²) >= 11 is 0. The third-order valence-corrected chi connectivity index (χ3v) is 7.33. The molecule has 214 valence electrons. The van der Waals surface area contributed by atoms with Gasteiger partial charge in [0, 0.05) is 0 Å². The van der Waals surface area contributed by atoms with Crippen LogP contribution in [0.2, 0.25) is 0 Å². The van der Waals surface area contributed by atoms with Crippen molar-refractivity contribution in [1.29, 1.82) is 0 Å². The second kappa shape index (κ2) is 21.7. The smallest absolute Gasteiger partial charge is 0.433 e. The molecule has 1 aromatic rings. The van der Waals surface area contributed by atoms with E-state index in [1.165, 1.54) is 102 Å². The van der Waals surface area contributed by atoms with Crippen molar-refractivity contribution in [2.75, 3.05) is 13.2 Å². The van der Waals surface area contributed by atoms with E-state index in [0.717, 1.165) is 18.4 Å².